The average molecular weight is 347 g/mol. The van der Waals surface area contributed by atoms with Gasteiger partial charge in [0, 0.05) is 39.6 Å². The lowest BCUT2D eigenvalue weighted by molar-refractivity contribution is -0.130. The number of aliphatic hydroxyl groups excluding tert-OH is 1. The maximum absolute atomic E-state index is 11.3. The minimum atomic E-state index is -0.642. The molecule has 2 rings (SSSR count). The van der Waals surface area contributed by atoms with Gasteiger partial charge in [-0.15, -0.1) is 0 Å². The molecule has 22 heavy (non-hydrogen) atoms. The fourth-order valence-electron chi connectivity index (χ4n) is 2.40. The number of carbonyl (C=O) groups excluding carboxylic acids is 1. The van der Waals surface area contributed by atoms with Crippen molar-refractivity contribution in [2.75, 3.05) is 39.3 Å². The van der Waals surface area contributed by atoms with E-state index >= 15 is 0 Å². The van der Waals surface area contributed by atoms with Crippen LogP contribution in [-0.4, -0.2) is 66.2 Å². The maximum atomic E-state index is 11.3. The van der Waals surface area contributed by atoms with Crippen molar-refractivity contribution >= 4 is 29.1 Å². The van der Waals surface area contributed by atoms with Gasteiger partial charge in [0.1, 0.15) is 12.7 Å². The van der Waals surface area contributed by atoms with Gasteiger partial charge in [-0.2, -0.15) is 0 Å². The Morgan fingerprint density at radius 1 is 1.27 bits per heavy atom. The lowest BCUT2D eigenvalue weighted by atomic mass is 10.2. The summed E-state index contributed by atoms with van der Waals surface area (Å²) in [5, 5.41) is 10.9. The number of halogens is 2. The Balaban J connectivity index is 1.77. The van der Waals surface area contributed by atoms with E-state index in [9.17, 15) is 9.90 Å². The van der Waals surface area contributed by atoms with Crippen molar-refractivity contribution in [3.63, 3.8) is 0 Å². The number of amides is 1. The predicted octanol–water partition coefficient (Wildman–Crippen LogP) is 1.90. The Bertz CT molecular complexity index is 499. The van der Waals surface area contributed by atoms with Gasteiger partial charge in [0.2, 0.25) is 5.91 Å². The van der Waals surface area contributed by atoms with Gasteiger partial charge in [-0.05, 0) is 12.1 Å². The Hall–Kier alpha value is -1.01. The molecule has 1 aromatic carbocycles. The molecule has 1 heterocycles. The van der Waals surface area contributed by atoms with Gasteiger partial charge < -0.3 is 14.7 Å². The zero-order chi connectivity index (χ0) is 16.1. The average Bonchev–Trinajstić information content (AvgIpc) is 2.47. The van der Waals surface area contributed by atoms with Gasteiger partial charge >= 0.3 is 0 Å². The van der Waals surface area contributed by atoms with E-state index in [0.29, 0.717) is 35.4 Å². The zero-order valence-electron chi connectivity index (χ0n) is 12.5. The topological polar surface area (TPSA) is 53.0 Å². The summed E-state index contributed by atoms with van der Waals surface area (Å²) < 4.78 is 5.53. The summed E-state index contributed by atoms with van der Waals surface area (Å²) in [5.74, 6) is 0.489. The van der Waals surface area contributed by atoms with Crippen LogP contribution in [0, 0.1) is 0 Å². The smallest absolute Gasteiger partial charge is 0.219 e. The van der Waals surface area contributed by atoms with Gasteiger partial charge in [-0.1, -0.05) is 29.3 Å². The molecule has 5 nitrogen and oxygen atoms in total. The van der Waals surface area contributed by atoms with E-state index in [2.05, 4.69) is 4.90 Å². The number of hydrogen-bond donors (Lipinski definition) is 1. The first-order chi connectivity index (χ1) is 10.5. The standard InChI is InChI=1S/C15H20Cl2N2O3/c1-11(20)19-7-5-18(6-8-19)9-12(21)10-22-15-13(16)3-2-4-14(15)17/h2-4,12,21H,5-10H2,1H3/t12-/m1/s1. The van der Waals surface area contributed by atoms with Crippen LogP contribution in [0.5, 0.6) is 5.75 Å². The molecular weight excluding hydrogens is 327 g/mol. The molecule has 0 radical (unpaired) electrons. The largest absolute Gasteiger partial charge is 0.488 e. The van der Waals surface area contributed by atoms with Crippen LogP contribution in [0.3, 0.4) is 0 Å². The molecule has 1 aromatic rings. The molecule has 1 aliphatic rings. The highest BCUT2D eigenvalue weighted by Crippen LogP contribution is 2.32. The molecular formula is C15H20Cl2N2O3. The number of para-hydroxylation sites is 1. The van der Waals surface area contributed by atoms with Crippen LogP contribution in [0.15, 0.2) is 18.2 Å². The Labute approximate surface area is 140 Å². The van der Waals surface area contributed by atoms with Crippen molar-refractivity contribution in [1.29, 1.82) is 0 Å². The van der Waals surface area contributed by atoms with Gasteiger partial charge in [0.25, 0.3) is 0 Å². The molecule has 122 valence electrons. The molecule has 1 N–H and O–H groups in total. The summed E-state index contributed by atoms with van der Waals surface area (Å²) in [6.07, 6.45) is -0.642. The molecule has 0 aliphatic carbocycles. The second-order valence-electron chi connectivity index (χ2n) is 5.32. The highest BCUT2D eigenvalue weighted by atomic mass is 35.5. The SMILES string of the molecule is CC(=O)N1CCN(C[C@@H](O)COc2c(Cl)cccc2Cl)CC1. The lowest BCUT2D eigenvalue weighted by Crippen LogP contribution is -2.50. The normalized spacial score (nSPS) is 17.4. The first kappa shape index (κ1) is 17.3. The Morgan fingerprint density at radius 2 is 1.86 bits per heavy atom. The van der Waals surface area contributed by atoms with Crippen molar-refractivity contribution in [3.05, 3.63) is 28.2 Å². The number of β-amino-alcohol motifs (C(OH)–C–C–N with tert-alkyl or cyclic N) is 1. The molecule has 1 atom stereocenters. The second kappa shape index (κ2) is 8.02. The quantitative estimate of drug-likeness (QED) is 0.884. The van der Waals surface area contributed by atoms with Gasteiger partial charge in [0.05, 0.1) is 10.0 Å². The molecule has 7 heteroatoms. The highest BCUT2D eigenvalue weighted by molar-refractivity contribution is 6.37. The van der Waals surface area contributed by atoms with Gasteiger partial charge in [-0.3, -0.25) is 9.69 Å². The summed E-state index contributed by atoms with van der Waals surface area (Å²) in [4.78, 5) is 15.2. The molecule has 1 aliphatic heterocycles. The van der Waals surface area contributed by atoms with Crippen LogP contribution in [0.2, 0.25) is 10.0 Å². The number of ether oxygens (including phenoxy) is 1. The van der Waals surface area contributed by atoms with Crippen molar-refractivity contribution in [2.45, 2.75) is 13.0 Å². The molecule has 0 saturated carbocycles. The number of rotatable bonds is 5. The van der Waals surface area contributed by atoms with Gasteiger partial charge in [-0.25, -0.2) is 0 Å². The first-order valence-electron chi connectivity index (χ1n) is 7.20. The number of carbonyl (C=O) groups is 1. The van der Waals surface area contributed by atoms with Crippen LogP contribution < -0.4 is 4.74 Å². The van der Waals surface area contributed by atoms with E-state index in [1.807, 2.05) is 4.90 Å². The first-order valence-corrected chi connectivity index (χ1v) is 7.95. The van der Waals surface area contributed by atoms with Gasteiger partial charge in [0.15, 0.2) is 5.75 Å². The summed E-state index contributed by atoms with van der Waals surface area (Å²) in [6.45, 7) is 5.08. The molecule has 1 amide bonds. The zero-order valence-corrected chi connectivity index (χ0v) is 14.0. The Morgan fingerprint density at radius 3 is 2.41 bits per heavy atom. The molecule has 0 aromatic heterocycles. The van der Waals surface area contributed by atoms with Crippen molar-refractivity contribution in [3.8, 4) is 5.75 Å². The number of benzene rings is 1. The van der Waals surface area contributed by atoms with Crippen LogP contribution in [0.4, 0.5) is 0 Å². The minimum Gasteiger partial charge on any atom is -0.488 e. The predicted molar refractivity (Wildman–Crippen MR) is 86.7 cm³/mol. The van der Waals surface area contributed by atoms with E-state index in [-0.39, 0.29) is 12.5 Å². The van der Waals surface area contributed by atoms with E-state index in [4.69, 9.17) is 27.9 Å². The van der Waals surface area contributed by atoms with E-state index in [1.54, 1.807) is 25.1 Å². The third-order valence-corrected chi connectivity index (χ3v) is 4.22. The van der Waals surface area contributed by atoms with Crippen LogP contribution >= 0.6 is 23.2 Å². The molecule has 0 unspecified atom stereocenters. The van der Waals surface area contributed by atoms with E-state index in [0.717, 1.165) is 13.1 Å². The minimum absolute atomic E-state index is 0.0943. The van der Waals surface area contributed by atoms with E-state index in [1.165, 1.54) is 0 Å². The summed E-state index contributed by atoms with van der Waals surface area (Å²) in [6, 6.07) is 5.12. The molecule has 0 bridgehead atoms. The third-order valence-electron chi connectivity index (χ3n) is 3.63. The lowest BCUT2D eigenvalue weighted by Gasteiger charge is -2.35. The summed E-state index contributed by atoms with van der Waals surface area (Å²) >= 11 is 12.0. The molecule has 1 fully saturated rings. The summed E-state index contributed by atoms with van der Waals surface area (Å²) in [5.41, 5.74) is 0. The van der Waals surface area contributed by atoms with Crippen molar-refractivity contribution < 1.29 is 14.6 Å². The third kappa shape index (κ3) is 4.74. The highest BCUT2D eigenvalue weighted by Gasteiger charge is 2.21. The number of piperazine rings is 1. The monoisotopic (exact) mass is 346 g/mol. The fourth-order valence-corrected chi connectivity index (χ4v) is 2.90. The van der Waals surface area contributed by atoms with Crippen molar-refractivity contribution in [1.82, 2.24) is 9.80 Å². The van der Waals surface area contributed by atoms with E-state index < -0.39 is 6.10 Å². The second-order valence-corrected chi connectivity index (χ2v) is 6.14. The molecule has 1 saturated heterocycles. The van der Waals surface area contributed by atoms with Crippen LogP contribution in [0.1, 0.15) is 6.92 Å². The van der Waals surface area contributed by atoms with Crippen LogP contribution in [0.25, 0.3) is 0 Å². The number of aliphatic hydroxyl groups is 1. The maximum Gasteiger partial charge on any atom is 0.219 e. The van der Waals surface area contributed by atoms with Crippen LogP contribution in [-0.2, 0) is 4.79 Å². The fraction of sp³-hybridized carbons (Fsp3) is 0.533. The Kier molecular flexibility index (Phi) is 6.32. The number of hydrogen-bond acceptors (Lipinski definition) is 4. The molecule has 0 spiro atoms. The summed E-state index contributed by atoms with van der Waals surface area (Å²) in [7, 11) is 0. The van der Waals surface area contributed by atoms with Crippen molar-refractivity contribution in [2.24, 2.45) is 0 Å². The number of nitrogens with zero attached hydrogens (tertiary/aromatic N) is 2.